The minimum Gasteiger partial charge on any atom is -0.208 e. The van der Waals surface area contributed by atoms with Gasteiger partial charge in [-0.2, -0.15) is 0 Å². The lowest BCUT2D eigenvalue weighted by molar-refractivity contribution is 1.08. The lowest BCUT2D eigenvalue weighted by Gasteiger charge is -2.13. The van der Waals surface area contributed by atoms with E-state index in [2.05, 4.69) is 109 Å². The van der Waals surface area contributed by atoms with E-state index in [1.165, 1.54) is 26.9 Å². The van der Waals surface area contributed by atoms with Crippen LogP contribution in [0.15, 0.2) is 140 Å². The summed E-state index contributed by atoms with van der Waals surface area (Å²) in [6.45, 7) is 0. The molecule has 0 aliphatic heterocycles. The van der Waals surface area contributed by atoms with Crippen molar-refractivity contribution < 1.29 is 0 Å². The lowest BCUT2D eigenvalue weighted by atomic mass is 9.95. The second-order valence-corrected chi connectivity index (χ2v) is 10.0. The highest BCUT2D eigenvalue weighted by atomic mass is 15.0. The minimum absolute atomic E-state index is 0.664. The SMILES string of the molecule is c1ccc(-c2nc(-c3cccc4ccccc34)nc(-c3cccc4c3ccc3c5ccccc5ccc43)n2)cc1. The number of rotatable bonds is 3. The van der Waals surface area contributed by atoms with Crippen molar-refractivity contribution in [2.45, 2.75) is 0 Å². The molecule has 186 valence electrons. The van der Waals surface area contributed by atoms with Crippen LogP contribution in [-0.2, 0) is 0 Å². The highest BCUT2D eigenvalue weighted by Crippen LogP contribution is 2.36. The van der Waals surface area contributed by atoms with Crippen molar-refractivity contribution in [3.05, 3.63) is 140 Å². The zero-order valence-electron chi connectivity index (χ0n) is 21.6. The van der Waals surface area contributed by atoms with Crippen molar-refractivity contribution in [2.24, 2.45) is 0 Å². The highest BCUT2D eigenvalue weighted by molar-refractivity contribution is 6.19. The van der Waals surface area contributed by atoms with E-state index >= 15 is 0 Å². The molecule has 1 aromatic heterocycles. The third-order valence-corrected chi connectivity index (χ3v) is 7.72. The molecule has 0 radical (unpaired) electrons. The van der Waals surface area contributed by atoms with Crippen LogP contribution >= 0.6 is 0 Å². The van der Waals surface area contributed by atoms with Crippen LogP contribution in [0.5, 0.6) is 0 Å². The Kier molecular flexibility index (Phi) is 5.14. The molecule has 0 aliphatic rings. The van der Waals surface area contributed by atoms with Crippen LogP contribution < -0.4 is 0 Å². The number of fused-ring (bicyclic) bond motifs is 6. The van der Waals surface area contributed by atoms with E-state index in [1.807, 2.05) is 30.3 Å². The van der Waals surface area contributed by atoms with E-state index in [-0.39, 0.29) is 0 Å². The molecule has 0 N–H and O–H groups in total. The standard InChI is InChI=1S/C37H23N3/c1-2-12-26(13-3-1)35-38-36(33-18-8-14-24-10-4-7-16-28(24)33)40-37(39-35)34-19-9-17-29-31-21-20-25-11-5-6-15-27(25)30(31)22-23-32(29)34/h1-23H. The Morgan fingerprint density at radius 2 is 0.750 bits per heavy atom. The fourth-order valence-corrected chi connectivity index (χ4v) is 5.80. The molecule has 0 fully saturated rings. The van der Waals surface area contributed by atoms with Gasteiger partial charge < -0.3 is 0 Å². The number of hydrogen-bond acceptors (Lipinski definition) is 3. The van der Waals surface area contributed by atoms with Crippen LogP contribution in [0, 0.1) is 0 Å². The second-order valence-electron chi connectivity index (χ2n) is 10.0. The largest absolute Gasteiger partial charge is 0.208 e. The van der Waals surface area contributed by atoms with Gasteiger partial charge in [-0.1, -0.05) is 140 Å². The third kappa shape index (κ3) is 3.63. The maximum atomic E-state index is 5.11. The van der Waals surface area contributed by atoms with Gasteiger partial charge in [-0.15, -0.1) is 0 Å². The molecule has 8 rings (SSSR count). The summed E-state index contributed by atoms with van der Waals surface area (Å²) in [6, 6.07) is 48.7. The van der Waals surface area contributed by atoms with Crippen molar-refractivity contribution in [3.63, 3.8) is 0 Å². The maximum Gasteiger partial charge on any atom is 0.164 e. The Labute approximate surface area is 231 Å². The molecule has 0 spiro atoms. The summed E-state index contributed by atoms with van der Waals surface area (Å²) < 4.78 is 0. The van der Waals surface area contributed by atoms with Gasteiger partial charge in [-0.25, -0.2) is 15.0 Å². The number of benzene rings is 7. The van der Waals surface area contributed by atoms with Crippen LogP contribution in [-0.4, -0.2) is 15.0 Å². The van der Waals surface area contributed by atoms with Crippen LogP contribution in [0.3, 0.4) is 0 Å². The second kappa shape index (κ2) is 9.11. The summed E-state index contributed by atoms with van der Waals surface area (Å²) in [5.74, 6) is 2.00. The van der Waals surface area contributed by atoms with Crippen molar-refractivity contribution in [1.82, 2.24) is 15.0 Å². The molecule has 0 aliphatic carbocycles. The summed E-state index contributed by atoms with van der Waals surface area (Å²) >= 11 is 0. The highest BCUT2D eigenvalue weighted by Gasteiger charge is 2.16. The van der Waals surface area contributed by atoms with Crippen LogP contribution in [0.4, 0.5) is 0 Å². The predicted molar refractivity (Wildman–Crippen MR) is 166 cm³/mol. The van der Waals surface area contributed by atoms with E-state index in [1.54, 1.807) is 0 Å². The van der Waals surface area contributed by atoms with Gasteiger partial charge in [0.1, 0.15) is 0 Å². The Morgan fingerprint density at radius 3 is 1.55 bits per heavy atom. The van der Waals surface area contributed by atoms with Gasteiger partial charge in [0.15, 0.2) is 17.5 Å². The van der Waals surface area contributed by atoms with Crippen LogP contribution in [0.25, 0.3) is 77.3 Å². The molecule has 0 bridgehead atoms. The van der Waals surface area contributed by atoms with Crippen molar-refractivity contribution >= 4 is 43.1 Å². The quantitative estimate of drug-likeness (QED) is 0.223. The molecule has 1 heterocycles. The van der Waals surface area contributed by atoms with Crippen LogP contribution in [0.2, 0.25) is 0 Å². The average molecular weight is 510 g/mol. The molecule has 3 heteroatoms. The van der Waals surface area contributed by atoms with Gasteiger partial charge in [0.2, 0.25) is 0 Å². The van der Waals surface area contributed by atoms with Gasteiger partial charge in [-0.05, 0) is 43.1 Å². The van der Waals surface area contributed by atoms with E-state index in [9.17, 15) is 0 Å². The Hall–Kier alpha value is -5.41. The van der Waals surface area contributed by atoms with Gasteiger partial charge >= 0.3 is 0 Å². The van der Waals surface area contributed by atoms with E-state index in [4.69, 9.17) is 15.0 Å². The van der Waals surface area contributed by atoms with Gasteiger partial charge in [0.25, 0.3) is 0 Å². The van der Waals surface area contributed by atoms with Crippen molar-refractivity contribution in [2.75, 3.05) is 0 Å². The predicted octanol–water partition coefficient (Wildman–Crippen LogP) is 9.49. The fourth-order valence-electron chi connectivity index (χ4n) is 5.80. The first-order valence-corrected chi connectivity index (χ1v) is 13.5. The summed E-state index contributed by atoms with van der Waals surface area (Å²) in [4.78, 5) is 15.1. The molecule has 0 saturated carbocycles. The molecule has 0 atom stereocenters. The molecule has 0 saturated heterocycles. The van der Waals surface area contributed by atoms with Crippen molar-refractivity contribution in [1.29, 1.82) is 0 Å². The Balaban J connectivity index is 1.41. The Bertz CT molecular complexity index is 2210. The van der Waals surface area contributed by atoms with E-state index in [0.29, 0.717) is 17.5 Å². The molecule has 3 nitrogen and oxygen atoms in total. The summed E-state index contributed by atoms with van der Waals surface area (Å²) in [5, 5.41) is 9.58. The minimum atomic E-state index is 0.664. The third-order valence-electron chi connectivity index (χ3n) is 7.72. The van der Waals surface area contributed by atoms with Crippen molar-refractivity contribution in [3.8, 4) is 34.2 Å². The summed E-state index contributed by atoms with van der Waals surface area (Å²) in [5.41, 5.74) is 2.95. The van der Waals surface area contributed by atoms with E-state index in [0.717, 1.165) is 32.8 Å². The topological polar surface area (TPSA) is 38.7 Å². The van der Waals surface area contributed by atoms with Gasteiger partial charge in [0, 0.05) is 16.7 Å². The zero-order valence-corrected chi connectivity index (χ0v) is 21.6. The molecule has 40 heavy (non-hydrogen) atoms. The smallest absolute Gasteiger partial charge is 0.164 e. The summed E-state index contributed by atoms with van der Waals surface area (Å²) in [7, 11) is 0. The first-order chi connectivity index (χ1) is 19.8. The molecule has 8 aromatic rings. The van der Waals surface area contributed by atoms with E-state index < -0.39 is 0 Å². The zero-order chi connectivity index (χ0) is 26.5. The fraction of sp³-hybridized carbons (Fsp3) is 0. The molecule has 0 unspecified atom stereocenters. The molecular weight excluding hydrogens is 486 g/mol. The number of hydrogen-bond donors (Lipinski definition) is 0. The monoisotopic (exact) mass is 509 g/mol. The summed E-state index contributed by atoms with van der Waals surface area (Å²) in [6.07, 6.45) is 0. The average Bonchev–Trinajstić information content (AvgIpc) is 3.04. The maximum absolute atomic E-state index is 5.11. The number of nitrogens with zero attached hydrogens (tertiary/aromatic N) is 3. The van der Waals surface area contributed by atoms with Gasteiger partial charge in [-0.3, -0.25) is 0 Å². The lowest BCUT2D eigenvalue weighted by Crippen LogP contribution is -2.01. The first kappa shape index (κ1) is 22.6. The first-order valence-electron chi connectivity index (χ1n) is 13.5. The van der Waals surface area contributed by atoms with Gasteiger partial charge in [0.05, 0.1) is 0 Å². The molecular formula is C37H23N3. The Morgan fingerprint density at radius 1 is 0.275 bits per heavy atom. The number of aromatic nitrogens is 3. The molecule has 0 amide bonds. The van der Waals surface area contributed by atoms with Crippen LogP contribution in [0.1, 0.15) is 0 Å². The molecule has 7 aromatic carbocycles. The normalized spacial score (nSPS) is 11.5.